The minimum absolute atomic E-state index is 0. The molecule has 68 valence electrons. The Kier molecular flexibility index (Phi) is 2.05. The van der Waals surface area contributed by atoms with Gasteiger partial charge >= 0.3 is 0 Å². The van der Waals surface area contributed by atoms with E-state index in [-0.39, 0.29) is 16.5 Å². The first kappa shape index (κ1) is 8.65. The number of rotatable bonds is 0. The monoisotopic (exact) mass is 211 g/mol. The molecule has 0 fully saturated rings. The van der Waals surface area contributed by atoms with E-state index < -0.39 is 0 Å². The molecule has 1 aliphatic rings. The molecule has 0 saturated heterocycles. The van der Waals surface area contributed by atoms with Crippen molar-refractivity contribution in [1.29, 1.82) is 0 Å². The van der Waals surface area contributed by atoms with Crippen LogP contribution in [0.3, 0.4) is 0 Å². The minimum atomic E-state index is 0. The summed E-state index contributed by atoms with van der Waals surface area (Å²) in [6, 6.07) is 13.0. The van der Waals surface area contributed by atoms with Gasteiger partial charge in [-0.3, -0.25) is 0 Å². The first-order chi connectivity index (χ1) is 5.95. The molecule has 2 aromatic rings. The largest absolute Gasteiger partial charge is 0.184 e. The van der Waals surface area contributed by atoms with Crippen molar-refractivity contribution in [3.8, 4) is 0 Å². The van der Waals surface area contributed by atoms with E-state index in [0.717, 1.165) is 6.42 Å². The van der Waals surface area contributed by atoms with Crippen LogP contribution < -0.4 is 0 Å². The van der Waals surface area contributed by atoms with E-state index in [9.17, 15) is 0 Å². The molecule has 1 aliphatic carbocycles. The Morgan fingerprint density at radius 2 is 1.77 bits per heavy atom. The number of hydrogen-bond acceptors (Lipinski definition) is 0. The van der Waals surface area contributed by atoms with Crippen LogP contribution >= 0.6 is 0 Å². The van der Waals surface area contributed by atoms with Crippen molar-refractivity contribution in [2.45, 2.75) is 6.42 Å². The smallest absolute Gasteiger partial charge is 0 e. The van der Waals surface area contributed by atoms with Crippen molar-refractivity contribution >= 4 is 10.8 Å². The van der Waals surface area contributed by atoms with E-state index >= 15 is 0 Å². The van der Waals surface area contributed by atoms with Crippen LogP contribution in [-0.2, 0) is 22.9 Å². The van der Waals surface area contributed by atoms with Crippen LogP contribution in [-0.4, -0.2) is 0 Å². The maximum Gasteiger partial charge on any atom is 0 e. The summed E-state index contributed by atoms with van der Waals surface area (Å²) in [7, 11) is 0. The summed E-state index contributed by atoms with van der Waals surface area (Å²) in [6.07, 6.45) is 3.41. The van der Waals surface area contributed by atoms with Crippen LogP contribution in [0.15, 0.2) is 36.4 Å². The van der Waals surface area contributed by atoms with Gasteiger partial charge in [0.1, 0.15) is 0 Å². The van der Waals surface area contributed by atoms with E-state index in [2.05, 4.69) is 42.8 Å². The topological polar surface area (TPSA) is 0 Å². The van der Waals surface area contributed by atoms with Gasteiger partial charge in [-0.1, -0.05) is 36.1 Å². The molecular weight excluding hydrogens is 203 g/mol. The minimum Gasteiger partial charge on any atom is -0.184 e. The van der Waals surface area contributed by atoms with Crippen LogP contribution in [0, 0.1) is 6.42 Å². The first-order valence-corrected chi connectivity index (χ1v) is 4.29. The van der Waals surface area contributed by atoms with Crippen molar-refractivity contribution in [2.24, 2.45) is 0 Å². The predicted octanol–water partition coefficient (Wildman–Crippen LogP) is 2.95. The van der Waals surface area contributed by atoms with Crippen LogP contribution in [0.25, 0.3) is 10.8 Å². The number of benzene rings is 2. The van der Waals surface area contributed by atoms with Gasteiger partial charge in [0.15, 0.2) is 0 Å². The molecule has 0 heterocycles. The van der Waals surface area contributed by atoms with Crippen molar-refractivity contribution in [3.63, 3.8) is 0 Å². The summed E-state index contributed by atoms with van der Waals surface area (Å²) >= 11 is 0. The quantitative estimate of drug-likeness (QED) is 0.465. The molecule has 0 unspecified atom stereocenters. The van der Waals surface area contributed by atoms with Crippen LogP contribution in [0.2, 0.25) is 0 Å². The van der Waals surface area contributed by atoms with Crippen molar-refractivity contribution in [3.05, 3.63) is 53.9 Å². The zero-order valence-corrected chi connectivity index (χ0v) is 8.05. The third-order valence-electron chi connectivity index (χ3n) is 2.57. The number of hydrogen-bond donors (Lipinski definition) is 0. The van der Waals surface area contributed by atoms with Gasteiger partial charge in [0, 0.05) is 16.5 Å². The Hall–Kier alpha value is -0.936. The fraction of sp³-hybridized carbons (Fsp3) is 0.0833. The predicted molar refractivity (Wildman–Crippen MR) is 51.1 cm³/mol. The van der Waals surface area contributed by atoms with Crippen LogP contribution in [0.5, 0.6) is 0 Å². The Morgan fingerprint density at radius 3 is 2.62 bits per heavy atom. The molecule has 1 heteroatoms. The zero-order valence-electron chi connectivity index (χ0n) is 7.06. The standard InChI is InChI=1S/C12H9.Ni/c1-3-9-4-2-6-11-8-7-10(5-1)12(9)11;/h1-7H,8H2;/q-1;. The first-order valence-electron chi connectivity index (χ1n) is 4.29. The molecule has 13 heavy (non-hydrogen) atoms. The molecule has 0 radical (unpaired) electrons. The molecule has 0 bridgehead atoms. The van der Waals surface area contributed by atoms with E-state index in [4.69, 9.17) is 0 Å². The average Bonchev–Trinajstić information content (AvgIpc) is 2.52. The van der Waals surface area contributed by atoms with Crippen molar-refractivity contribution in [1.82, 2.24) is 0 Å². The van der Waals surface area contributed by atoms with Gasteiger partial charge in [-0.25, -0.2) is 0 Å². The van der Waals surface area contributed by atoms with Crippen molar-refractivity contribution in [2.75, 3.05) is 0 Å². The Balaban J connectivity index is 0.000000653. The summed E-state index contributed by atoms with van der Waals surface area (Å²) in [5, 5.41) is 2.83. The van der Waals surface area contributed by atoms with Gasteiger partial charge in [-0.2, -0.15) is 18.1 Å². The van der Waals surface area contributed by atoms with E-state index in [0.29, 0.717) is 0 Å². The summed E-state index contributed by atoms with van der Waals surface area (Å²) < 4.78 is 0. The second-order valence-corrected chi connectivity index (χ2v) is 3.27. The molecule has 0 amide bonds. The fourth-order valence-corrected chi connectivity index (χ4v) is 2.01. The van der Waals surface area contributed by atoms with Gasteiger partial charge in [0.2, 0.25) is 0 Å². The Labute approximate surface area is 87.9 Å². The maximum atomic E-state index is 2.30. The Morgan fingerprint density at radius 1 is 1.00 bits per heavy atom. The normalized spacial score (nSPS) is 12.3. The molecule has 0 nitrogen and oxygen atoms in total. The molecule has 0 aliphatic heterocycles. The molecular formula is C12H9Ni-. The SMILES string of the molecule is [Ni].c1cc2c3c(cccc3c1)C[CH-]2. The van der Waals surface area contributed by atoms with Gasteiger partial charge in [-0.15, -0.1) is 17.0 Å². The molecule has 0 aromatic heterocycles. The molecule has 0 atom stereocenters. The molecule has 0 N–H and O–H groups in total. The maximum absolute atomic E-state index is 2.30. The second-order valence-electron chi connectivity index (χ2n) is 3.27. The summed E-state index contributed by atoms with van der Waals surface area (Å²) in [5.74, 6) is 0. The van der Waals surface area contributed by atoms with E-state index in [1.54, 1.807) is 0 Å². The van der Waals surface area contributed by atoms with Crippen LogP contribution in [0.1, 0.15) is 11.1 Å². The van der Waals surface area contributed by atoms with Crippen molar-refractivity contribution < 1.29 is 16.5 Å². The summed E-state index contributed by atoms with van der Waals surface area (Å²) in [4.78, 5) is 0. The Bertz CT molecular complexity index is 407. The fourth-order valence-electron chi connectivity index (χ4n) is 2.01. The van der Waals surface area contributed by atoms with Gasteiger partial charge in [-0.05, 0) is 0 Å². The van der Waals surface area contributed by atoms with Gasteiger partial charge < -0.3 is 0 Å². The van der Waals surface area contributed by atoms with Gasteiger partial charge in [0.25, 0.3) is 0 Å². The third kappa shape index (κ3) is 1.15. The second kappa shape index (κ2) is 3.08. The van der Waals surface area contributed by atoms with Gasteiger partial charge in [0.05, 0.1) is 0 Å². The van der Waals surface area contributed by atoms with Crippen LogP contribution in [0.4, 0.5) is 0 Å². The van der Waals surface area contributed by atoms with E-state index in [1.165, 1.54) is 21.9 Å². The summed E-state index contributed by atoms with van der Waals surface area (Å²) in [6.45, 7) is 0. The third-order valence-corrected chi connectivity index (χ3v) is 2.57. The molecule has 2 aromatic carbocycles. The molecule has 0 saturated carbocycles. The molecule has 3 rings (SSSR count). The van der Waals surface area contributed by atoms with E-state index in [1.807, 2.05) is 0 Å². The zero-order chi connectivity index (χ0) is 7.97. The molecule has 0 spiro atoms. The summed E-state index contributed by atoms with van der Waals surface area (Å²) in [5.41, 5.74) is 2.88. The average molecular weight is 212 g/mol.